The molecule has 2 aliphatic rings. The third-order valence-corrected chi connectivity index (χ3v) is 4.01. The molecule has 92 valence electrons. The number of aliphatic hydroxyl groups is 1. The molecule has 1 aliphatic carbocycles. The van der Waals surface area contributed by atoms with Gasteiger partial charge in [-0.1, -0.05) is 19.8 Å². The highest BCUT2D eigenvalue weighted by Crippen LogP contribution is 2.24. The average Bonchev–Trinajstić information content (AvgIpc) is 2.87. The van der Waals surface area contributed by atoms with Crippen molar-refractivity contribution in [2.75, 3.05) is 13.2 Å². The number of nitrogens with zero attached hydrogens (tertiary/aromatic N) is 1. The molecule has 2 amide bonds. The molecule has 0 radical (unpaired) electrons. The van der Waals surface area contributed by atoms with Crippen LogP contribution in [0.3, 0.4) is 0 Å². The van der Waals surface area contributed by atoms with Crippen molar-refractivity contribution in [1.29, 1.82) is 0 Å². The fraction of sp³-hybridized carbons (Fsp3) is 0.917. The Morgan fingerprint density at radius 1 is 1.38 bits per heavy atom. The highest BCUT2D eigenvalue weighted by Gasteiger charge is 2.34. The van der Waals surface area contributed by atoms with Crippen LogP contribution >= 0.6 is 0 Å². The first-order chi connectivity index (χ1) is 7.72. The molecule has 1 heterocycles. The van der Waals surface area contributed by atoms with Gasteiger partial charge in [0.25, 0.3) is 0 Å². The Kier molecular flexibility index (Phi) is 3.69. The summed E-state index contributed by atoms with van der Waals surface area (Å²) in [6, 6.07) is 0.402. The number of nitrogens with one attached hydrogen (secondary N) is 1. The molecule has 2 atom stereocenters. The van der Waals surface area contributed by atoms with Crippen LogP contribution in [-0.4, -0.2) is 41.3 Å². The van der Waals surface area contributed by atoms with Gasteiger partial charge in [-0.2, -0.15) is 0 Å². The fourth-order valence-electron chi connectivity index (χ4n) is 2.87. The Labute approximate surface area is 97.0 Å². The summed E-state index contributed by atoms with van der Waals surface area (Å²) >= 11 is 0. The van der Waals surface area contributed by atoms with Crippen molar-refractivity contribution in [1.82, 2.24) is 10.2 Å². The van der Waals surface area contributed by atoms with Crippen LogP contribution in [0.5, 0.6) is 0 Å². The van der Waals surface area contributed by atoms with Gasteiger partial charge in [0.2, 0.25) is 0 Å². The number of carbonyl (C=O) groups excluding carboxylic acids is 1. The van der Waals surface area contributed by atoms with E-state index in [4.69, 9.17) is 0 Å². The fourth-order valence-corrected chi connectivity index (χ4v) is 2.87. The van der Waals surface area contributed by atoms with Gasteiger partial charge in [-0.15, -0.1) is 0 Å². The largest absolute Gasteiger partial charge is 0.394 e. The third kappa shape index (κ3) is 2.32. The second-order valence-corrected chi connectivity index (χ2v) is 5.14. The maximum atomic E-state index is 12.0. The minimum absolute atomic E-state index is 0.0152. The van der Waals surface area contributed by atoms with Gasteiger partial charge in [0.15, 0.2) is 0 Å². The summed E-state index contributed by atoms with van der Waals surface area (Å²) in [5.41, 5.74) is 0. The summed E-state index contributed by atoms with van der Waals surface area (Å²) in [4.78, 5) is 13.8. The summed E-state index contributed by atoms with van der Waals surface area (Å²) in [6.45, 7) is 2.97. The first kappa shape index (κ1) is 11.7. The van der Waals surface area contributed by atoms with E-state index in [0.717, 1.165) is 25.8 Å². The van der Waals surface area contributed by atoms with E-state index in [9.17, 15) is 9.90 Å². The van der Waals surface area contributed by atoms with E-state index in [1.54, 1.807) is 0 Å². The van der Waals surface area contributed by atoms with Crippen molar-refractivity contribution in [3.05, 3.63) is 0 Å². The van der Waals surface area contributed by atoms with Crippen molar-refractivity contribution < 1.29 is 9.90 Å². The van der Waals surface area contributed by atoms with Crippen molar-refractivity contribution in [2.45, 2.75) is 51.1 Å². The molecule has 0 aromatic rings. The van der Waals surface area contributed by atoms with Crippen LogP contribution in [0, 0.1) is 5.92 Å². The van der Waals surface area contributed by atoms with Crippen LogP contribution in [-0.2, 0) is 0 Å². The van der Waals surface area contributed by atoms with Crippen LogP contribution in [0.25, 0.3) is 0 Å². The molecule has 1 aliphatic heterocycles. The van der Waals surface area contributed by atoms with Crippen LogP contribution in [0.2, 0.25) is 0 Å². The number of amides is 2. The molecule has 0 aromatic heterocycles. The molecule has 0 bridgehead atoms. The quantitative estimate of drug-likeness (QED) is 0.746. The number of carbonyl (C=O) groups is 1. The zero-order valence-electron chi connectivity index (χ0n) is 9.98. The van der Waals surface area contributed by atoms with Crippen molar-refractivity contribution in [2.24, 2.45) is 5.92 Å². The van der Waals surface area contributed by atoms with Gasteiger partial charge in [0.1, 0.15) is 0 Å². The van der Waals surface area contributed by atoms with Crippen molar-refractivity contribution in [3.63, 3.8) is 0 Å². The number of urea groups is 1. The molecule has 2 N–H and O–H groups in total. The van der Waals surface area contributed by atoms with Gasteiger partial charge < -0.3 is 15.3 Å². The second kappa shape index (κ2) is 5.04. The molecule has 16 heavy (non-hydrogen) atoms. The van der Waals surface area contributed by atoms with E-state index < -0.39 is 0 Å². The summed E-state index contributed by atoms with van der Waals surface area (Å²) in [7, 11) is 0. The Balaban J connectivity index is 1.88. The number of likely N-dealkylation sites (tertiary alicyclic amines) is 1. The molecule has 4 heteroatoms. The Morgan fingerprint density at radius 2 is 2.06 bits per heavy atom. The molecule has 2 unspecified atom stereocenters. The normalized spacial score (nSPS) is 31.0. The zero-order chi connectivity index (χ0) is 11.5. The van der Waals surface area contributed by atoms with Crippen molar-refractivity contribution in [3.8, 4) is 0 Å². The first-order valence-electron chi connectivity index (χ1n) is 6.40. The minimum Gasteiger partial charge on any atom is -0.394 e. The first-order valence-corrected chi connectivity index (χ1v) is 6.40. The summed E-state index contributed by atoms with van der Waals surface area (Å²) in [5, 5.41) is 12.4. The lowest BCUT2D eigenvalue weighted by molar-refractivity contribution is 0.142. The lowest BCUT2D eigenvalue weighted by Crippen LogP contribution is -2.48. The summed E-state index contributed by atoms with van der Waals surface area (Å²) < 4.78 is 0. The van der Waals surface area contributed by atoms with Gasteiger partial charge >= 0.3 is 6.03 Å². The molecule has 1 saturated heterocycles. The summed E-state index contributed by atoms with van der Waals surface area (Å²) in [5.74, 6) is 0.416. The number of aliphatic hydroxyl groups excluding tert-OH is 1. The zero-order valence-corrected chi connectivity index (χ0v) is 9.98. The van der Waals surface area contributed by atoms with Gasteiger partial charge in [-0.05, 0) is 25.2 Å². The van der Waals surface area contributed by atoms with E-state index in [2.05, 4.69) is 12.2 Å². The van der Waals surface area contributed by atoms with Gasteiger partial charge in [-0.3, -0.25) is 0 Å². The van der Waals surface area contributed by atoms with Crippen molar-refractivity contribution >= 4 is 6.03 Å². The van der Waals surface area contributed by atoms with Crippen LogP contribution in [0.1, 0.15) is 39.0 Å². The van der Waals surface area contributed by atoms with Crippen LogP contribution < -0.4 is 5.32 Å². The van der Waals surface area contributed by atoms with Crippen LogP contribution in [0.15, 0.2) is 0 Å². The Bertz CT molecular complexity index is 251. The third-order valence-electron chi connectivity index (χ3n) is 4.01. The predicted octanol–water partition coefficient (Wildman–Crippen LogP) is 1.34. The maximum absolute atomic E-state index is 12.0. The topological polar surface area (TPSA) is 52.6 Å². The molecule has 0 spiro atoms. The van der Waals surface area contributed by atoms with E-state index in [0.29, 0.717) is 12.0 Å². The smallest absolute Gasteiger partial charge is 0.317 e. The van der Waals surface area contributed by atoms with Gasteiger partial charge in [0.05, 0.1) is 12.6 Å². The highest BCUT2D eigenvalue weighted by atomic mass is 16.3. The molecule has 0 aromatic carbocycles. The lowest BCUT2D eigenvalue weighted by atomic mass is 10.0. The molecular weight excluding hydrogens is 204 g/mol. The number of rotatable bonds is 2. The van der Waals surface area contributed by atoms with Gasteiger partial charge in [0, 0.05) is 12.6 Å². The predicted molar refractivity (Wildman–Crippen MR) is 62.1 cm³/mol. The standard InChI is InChI=1S/C12H22N2O2/c1-9-6-7-14(11(9)8-15)12(16)13-10-4-2-3-5-10/h9-11,15H,2-8H2,1H3,(H,13,16). The molecule has 4 nitrogen and oxygen atoms in total. The highest BCUT2D eigenvalue weighted by molar-refractivity contribution is 5.75. The second-order valence-electron chi connectivity index (χ2n) is 5.14. The summed E-state index contributed by atoms with van der Waals surface area (Å²) in [6.07, 6.45) is 5.68. The van der Waals surface area contributed by atoms with Crippen LogP contribution in [0.4, 0.5) is 4.79 Å². The monoisotopic (exact) mass is 226 g/mol. The minimum atomic E-state index is 0.0152. The van der Waals surface area contributed by atoms with E-state index in [-0.39, 0.29) is 18.7 Å². The lowest BCUT2D eigenvalue weighted by Gasteiger charge is -2.27. The maximum Gasteiger partial charge on any atom is 0.317 e. The number of hydrogen-bond acceptors (Lipinski definition) is 2. The Hall–Kier alpha value is -0.770. The molecule has 2 fully saturated rings. The number of hydrogen-bond donors (Lipinski definition) is 2. The Morgan fingerprint density at radius 3 is 2.69 bits per heavy atom. The molecule has 1 saturated carbocycles. The SMILES string of the molecule is CC1CCN(C(=O)NC2CCCC2)C1CO. The van der Waals surface area contributed by atoms with E-state index in [1.165, 1.54) is 12.8 Å². The van der Waals surface area contributed by atoms with E-state index >= 15 is 0 Å². The van der Waals surface area contributed by atoms with E-state index in [1.807, 2.05) is 4.90 Å². The molecule has 2 rings (SSSR count). The molecular formula is C12H22N2O2. The average molecular weight is 226 g/mol. The van der Waals surface area contributed by atoms with Gasteiger partial charge in [-0.25, -0.2) is 4.79 Å².